The smallest absolute Gasteiger partial charge is 0.0207 e. The molecule has 0 bridgehead atoms. The molecule has 0 aliphatic carbocycles. The Labute approximate surface area is 155 Å². The van der Waals surface area contributed by atoms with E-state index in [9.17, 15) is 0 Å². The summed E-state index contributed by atoms with van der Waals surface area (Å²) in [4.78, 5) is 0. The molecule has 0 fully saturated rings. The topological polar surface area (TPSA) is 0 Å². The van der Waals surface area contributed by atoms with E-state index >= 15 is 0 Å². The van der Waals surface area contributed by atoms with Crippen molar-refractivity contribution in [1.82, 2.24) is 0 Å². The van der Waals surface area contributed by atoms with Gasteiger partial charge in [0.25, 0.3) is 0 Å². The summed E-state index contributed by atoms with van der Waals surface area (Å²) in [5, 5.41) is 0. The molecule has 0 aromatic rings. The molecule has 23 heavy (non-hydrogen) atoms. The van der Waals surface area contributed by atoms with Crippen LogP contribution in [0.1, 0.15) is 117 Å². The third-order valence-electron chi connectivity index (χ3n) is 5.51. The van der Waals surface area contributed by atoms with E-state index in [2.05, 4.69) is 13.8 Å². The van der Waals surface area contributed by atoms with Crippen molar-refractivity contribution >= 4 is 26.6 Å². The highest BCUT2D eigenvalue weighted by atomic mass is 29.5. The van der Waals surface area contributed by atoms with Gasteiger partial charge in [0.1, 0.15) is 0 Å². The summed E-state index contributed by atoms with van der Waals surface area (Å²) in [6.07, 6.45) is 24.1. The highest BCUT2D eigenvalue weighted by Crippen LogP contribution is 2.15. The minimum absolute atomic E-state index is 0.152. The molecular formula is C20H48Si3. The van der Waals surface area contributed by atoms with Gasteiger partial charge >= 0.3 is 0 Å². The summed E-state index contributed by atoms with van der Waals surface area (Å²) in [7, 11) is 1.97. The van der Waals surface area contributed by atoms with Crippen molar-refractivity contribution in [2.45, 2.75) is 129 Å². The van der Waals surface area contributed by atoms with Gasteiger partial charge in [-0.2, -0.15) is 0 Å². The molecular weight excluding hydrogens is 324 g/mol. The molecule has 0 unspecified atom stereocenters. The maximum absolute atomic E-state index is 2.31. The Hall–Kier alpha value is 0.651. The molecule has 0 saturated carbocycles. The molecule has 0 nitrogen and oxygen atoms in total. The third-order valence-corrected chi connectivity index (χ3v) is 25.4. The molecule has 0 atom stereocenters. The van der Waals surface area contributed by atoms with Crippen LogP contribution in [-0.4, -0.2) is 26.6 Å². The number of hydrogen-bond acceptors (Lipinski definition) is 0. The standard InChI is InChI=1S/C20H48Si3/c1-3-5-7-9-11-13-15-17-19-23(22-21)20-18-16-14-12-10-8-6-4-2/h23H,3-20,22H2,1-2,21H3. The highest BCUT2D eigenvalue weighted by Gasteiger charge is 2.07. The van der Waals surface area contributed by atoms with E-state index in [1.54, 1.807) is 47.5 Å². The molecule has 140 valence electrons. The first-order valence-corrected chi connectivity index (χ1v) is 21.9. The lowest BCUT2D eigenvalue weighted by molar-refractivity contribution is 0.581. The van der Waals surface area contributed by atoms with Crippen LogP contribution in [0, 0.1) is 0 Å². The molecule has 0 aromatic heterocycles. The fraction of sp³-hybridized carbons (Fsp3) is 1.00. The summed E-state index contributed by atoms with van der Waals surface area (Å²) in [6, 6.07) is 3.47. The minimum Gasteiger partial charge on any atom is -0.0654 e. The zero-order chi connectivity index (χ0) is 17.0. The summed E-state index contributed by atoms with van der Waals surface area (Å²) < 4.78 is 0. The Bertz CT molecular complexity index is 189. The Morgan fingerprint density at radius 2 is 0.826 bits per heavy atom. The van der Waals surface area contributed by atoms with Gasteiger partial charge in [-0.3, -0.25) is 0 Å². The molecule has 0 radical (unpaired) electrons. The molecule has 0 aliphatic heterocycles. The van der Waals surface area contributed by atoms with Crippen molar-refractivity contribution in [2.75, 3.05) is 0 Å². The Morgan fingerprint density at radius 1 is 0.522 bits per heavy atom. The first-order valence-electron chi connectivity index (χ1n) is 11.3. The van der Waals surface area contributed by atoms with Crippen LogP contribution in [0.25, 0.3) is 0 Å². The van der Waals surface area contributed by atoms with Crippen molar-refractivity contribution in [3.05, 3.63) is 0 Å². The van der Waals surface area contributed by atoms with Crippen molar-refractivity contribution in [3.63, 3.8) is 0 Å². The second-order valence-corrected chi connectivity index (χ2v) is 24.8. The molecule has 0 N–H and O–H groups in total. The summed E-state index contributed by atoms with van der Waals surface area (Å²) in [6.45, 7) is 4.63. The maximum Gasteiger partial charge on any atom is 0.0207 e. The summed E-state index contributed by atoms with van der Waals surface area (Å²) >= 11 is 0. The van der Waals surface area contributed by atoms with Gasteiger partial charge in [0.05, 0.1) is 0 Å². The molecule has 0 spiro atoms. The van der Waals surface area contributed by atoms with Crippen molar-refractivity contribution in [2.24, 2.45) is 0 Å². The molecule has 3 heteroatoms. The second kappa shape index (κ2) is 20.7. The van der Waals surface area contributed by atoms with Crippen LogP contribution in [-0.2, 0) is 0 Å². The summed E-state index contributed by atoms with van der Waals surface area (Å²) in [5.41, 5.74) is 0. The monoisotopic (exact) mass is 372 g/mol. The van der Waals surface area contributed by atoms with Gasteiger partial charge in [-0.25, -0.2) is 0 Å². The van der Waals surface area contributed by atoms with Gasteiger partial charge in [0.2, 0.25) is 0 Å². The van der Waals surface area contributed by atoms with Crippen LogP contribution in [0.2, 0.25) is 12.1 Å². The van der Waals surface area contributed by atoms with Crippen LogP contribution < -0.4 is 0 Å². The predicted octanol–water partition coefficient (Wildman–Crippen LogP) is 5.44. The fourth-order valence-corrected chi connectivity index (χ4v) is 18.1. The lowest BCUT2D eigenvalue weighted by Crippen LogP contribution is -2.22. The van der Waals surface area contributed by atoms with Gasteiger partial charge in [-0.05, 0) is 18.3 Å². The lowest BCUT2D eigenvalue weighted by Gasteiger charge is -2.12. The van der Waals surface area contributed by atoms with Crippen LogP contribution in [0.3, 0.4) is 0 Å². The van der Waals surface area contributed by atoms with Crippen LogP contribution in [0.5, 0.6) is 0 Å². The SMILES string of the molecule is CCCCCCCCCC[SiH](CCCCCCCCCC)[SiH2][SiH3]. The van der Waals surface area contributed by atoms with E-state index in [4.69, 9.17) is 0 Å². The normalized spacial score (nSPS) is 12.1. The Balaban J connectivity index is 3.29. The molecule has 0 saturated heterocycles. The van der Waals surface area contributed by atoms with Crippen molar-refractivity contribution in [3.8, 4) is 0 Å². The van der Waals surface area contributed by atoms with Gasteiger partial charge in [0.15, 0.2) is 0 Å². The zero-order valence-electron chi connectivity index (χ0n) is 17.0. The zero-order valence-corrected chi connectivity index (χ0v) is 21.6. The van der Waals surface area contributed by atoms with Gasteiger partial charge < -0.3 is 0 Å². The molecule has 0 aromatic carbocycles. The maximum atomic E-state index is 2.31. The Kier molecular flexibility index (Phi) is 21.3. The summed E-state index contributed by atoms with van der Waals surface area (Å²) in [5.74, 6) is 0. The van der Waals surface area contributed by atoms with Crippen molar-refractivity contribution in [1.29, 1.82) is 0 Å². The van der Waals surface area contributed by atoms with Gasteiger partial charge in [-0.15, -0.1) is 0 Å². The van der Waals surface area contributed by atoms with E-state index in [-0.39, 0.29) is 8.31 Å². The quantitative estimate of drug-likeness (QED) is 0.209. The van der Waals surface area contributed by atoms with E-state index in [1.165, 1.54) is 77.0 Å². The average molecular weight is 373 g/mol. The van der Waals surface area contributed by atoms with Crippen LogP contribution in [0.15, 0.2) is 0 Å². The average Bonchev–Trinajstić information content (AvgIpc) is 2.57. The van der Waals surface area contributed by atoms with Gasteiger partial charge in [0, 0.05) is 8.31 Å². The van der Waals surface area contributed by atoms with E-state index in [0.29, 0.717) is 8.55 Å². The Morgan fingerprint density at radius 3 is 1.13 bits per heavy atom. The van der Waals surface area contributed by atoms with E-state index < -0.39 is 0 Å². The first kappa shape index (κ1) is 23.7. The third kappa shape index (κ3) is 18.8. The van der Waals surface area contributed by atoms with Crippen molar-refractivity contribution < 1.29 is 0 Å². The van der Waals surface area contributed by atoms with Gasteiger partial charge in [-0.1, -0.05) is 129 Å². The molecule has 0 amide bonds. The highest BCUT2D eigenvalue weighted by molar-refractivity contribution is 7.31. The largest absolute Gasteiger partial charge is 0.0654 e. The second-order valence-electron chi connectivity index (χ2n) is 7.80. The first-order chi connectivity index (χ1) is 11.3. The molecule has 0 heterocycles. The lowest BCUT2D eigenvalue weighted by atomic mass is 10.1. The predicted molar refractivity (Wildman–Crippen MR) is 120 cm³/mol. The van der Waals surface area contributed by atoms with E-state index in [1.807, 2.05) is 0 Å². The number of unbranched alkanes of at least 4 members (excludes halogenated alkanes) is 14. The minimum atomic E-state index is -0.152. The number of rotatable bonds is 19. The van der Waals surface area contributed by atoms with Crippen LogP contribution in [0.4, 0.5) is 0 Å². The van der Waals surface area contributed by atoms with Crippen LogP contribution >= 0.6 is 0 Å². The molecule has 0 rings (SSSR count). The fourth-order valence-electron chi connectivity index (χ4n) is 3.69. The number of hydrogen-bond donors (Lipinski definition) is 0. The molecule has 0 aliphatic rings. The van der Waals surface area contributed by atoms with E-state index in [0.717, 1.165) is 0 Å².